The third kappa shape index (κ3) is 3.37. The van der Waals surface area contributed by atoms with Crippen molar-refractivity contribution in [3.8, 4) is 11.5 Å². The van der Waals surface area contributed by atoms with Crippen LogP contribution in [-0.4, -0.2) is 30.6 Å². The predicted octanol–water partition coefficient (Wildman–Crippen LogP) is 1.63. The van der Waals surface area contributed by atoms with E-state index in [1.54, 1.807) is 13.8 Å². The lowest BCUT2D eigenvalue weighted by atomic mass is 10.0. The molecule has 0 atom stereocenters. The van der Waals surface area contributed by atoms with Crippen molar-refractivity contribution in [3.63, 3.8) is 0 Å². The molecule has 1 aromatic rings. The molecule has 0 spiro atoms. The standard InChI is InChI=1S/C14H21NO3/c1-10-6-12-13(18-9-17-12)7-11(10)4-5-15-8-14(2,3)16/h6-7,15-16H,4-5,8-9H2,1-3H3. The highest BCUT2D eigenvalue weighted by Crippen LogP contribution is 2.34. The van der Waals surface area contributed by atoms with Gasteiger partial charge in [-0.05, 0) is 57.0 Å². The van der Waals surface area contributed by atoms with Gasteiger partial charge in [0.1, 0.15) is 0 Å². The van der Waals surface area contributed by atoms with Gasteiger partial charge in [0.15, 0.2) is 11.5 Å². The van der Waals surface area contributed by atoms with Gasteiger partial charge in [0.25, 0.3) is 0 Å². The summed E-state index contributed by atoms with van der Waals surface area (Å²) in [5.41, 5.74) is 1.80. The van der Waals surface area contributed by atoms with Crippen LogP contribution < -0.4 is 14.8 Å². The van der Waals surface area contributed by atoms with E-state index in [2.05, 4.69) is 12.2 Å². The minimum atomic E-state index is -0.663. The summed E-state index contributed by atoms with van der Waals surface area (Å²) in [5, 5.41) is 12.8. The molecule has 100 valence electrons. The van der Waals surface area contributed by atoms with Crippen LogP contribution in [0.25, 0.3) is 0 Å². The molecule has 1 aliphatic heterocycles. The summed E-state index contributed by atoms with van der Waals surface area (Å²) in [6.45, 7) is 7.42. The molecule has 2 N–H and O–H groups in total. The maximum absolute atomic E-state index is 9.60. The van der Waals surface area contributed by atoms with E-state index < -0.39 is 5.60 Å². The second-order valence-corrected chi connectivity index (χ2v) is 5.37. The van der Waals surface area contributed by atoms with Gasteiger partial charge in [0.05, 0.1) is 5.60 Å². The fraction of sp³-hybridized carbons (Fsp3) is 0.571. The summed E-state index contributed by atoms with van der Waals surface area (Å²) >= 11 is 0. The van der Waals surface area contributed by atoms with Crippen LogP contribution in [-0.2, 0) is 6.42 Å². The van der Waals surface area contributed by atoms with E-state index >= 15 is 0 Å². The molecule has 0 unspecified atom stereocenters. The van der Waals surface area contributed by atoms with Gasteiger partial charge in [-0.25, -0.2) is 0 Å². The smallest absolute Gasteiger partial charge is 0.231 e. The van der Waals surface area contributed by atoms with Crippen molar-refractivity contribution in [1.29, 1.82) is 0 Å². The maximum atomic E-state index is 9.60. The summed E-state index contributed by atoms with van der Waals surface area (Å²) in [5.74, 6) is 1.67. The highest BCUT2D eigenvalue weighted by atomic mass is 16.7. The van der Waals surface area contributed by atoms with E-state index in [0.29, 0.717) is 13.3 Å². The summed E-state index contributed by atoms with van der Waals surface area (Å²) in [4.78, 5) is 0. The molecule has 2 rings (SSSR count). The van der Waals surface area contributed by atoms with Crippen molar-refractivity contribution in [2.75, 3.05) is 19.9 Å². The molecule has 0 amide bonds. The zero-order chi connectivity index (χ0) is 13.2. The minimum Gasteiger partial charge on any atom is -0.454 e. The first kappa shape index (κ1) is 13.2. The number of aliphatic hydroxyl groups is 1. The van der Waals surface area contributed by atoms with E-state index in [9.17, 15) is 5.11 Å². The van der Waals surface area contributed by atoms with Crippen molar-refractivity contribution in [1.82, 2.24) is 5.32 Å². The molecule has 0 aliphatic carbocycles. The Labute approximate surface area is 108 Å². The van der Waals surface area contributed by atoms with Crippen LogP contribution in [0.3, 0.4) is 0 Å². The molecule has 1 heterocycles. The van der Waals surface area contributed by atoms with Gasteiger partial charge in [-0.15, -0.1) is 0 Å². The number of hydrogen-bond acceptors (Lipinski definition) is 4. The number of hydrogen-bond donors (Lipinski definition) is 2. The number of ether oxygens (including phenoxy) is 2. The summed E-state index contributed by atoms with van der Waals surface area (Å²) < 4.78 is 10.7. The fourth-order valence-electron chi connectivity index (χ4n) is 1.97. The Kier molecular flexibility index (Phi) is 3.78. The first-order valence-corrected chi connectivity index (χ1v) is 6.28. The molecule has 18 heavy (non-hydrogen) atoms. The van der Waals surface area contributed by atoms with Crippen LogP contribution in [0.1, 0.15) is 25.0 Å². The monoisotopic (exact) mass is 251 g/mol. The largest absolute Gasteiger partial charge is 0.454 e. The molecule has 0 fully saturated rings. The first-order valence-electron chi connectivity index (χ1n) is 6.28. The molecular weight excluding hydrogens is 230 g/mol. The highest BCUT2D eigenvalue weighted by molar-refractivity contribution is 5.48. The summed E-state index contributed by atoms with van der Waals surface area (Å²) in [6, 6.07) is 4.07. The van der Waals surface area contributed by atoms with Gasteiger partial charge < -0.3 is 19.9 Å². The Bertz CT molecular complexity index is 424. The zero-order valence-electron chi connectivity index (χ0n) is 11.2. The van der Waals surface area contributed by atoms with E-state index in [4.69, 9.17) is 9.47 Å². The zero-order valence-corrected chi connectivity index (χ0v) is 11.2. The van der Waals surface area contributed by atoms with Gasteiger partial charge in [-0.2, -0.15) is 0 Å². The van der Waals surface area contributed by atoms with Gasteiger partial charge in [0, 0.05) is 6.54 Å². The molecular formula is C14H21NO3. The number of rotatable bonds is 5. The predicted molar refractivity (Wildman–Crippen MR) is 70.2 cm³/mol. The number of fused-ring (bicyclic) bond motifs is 1. The SMILES string of the molecule is Cc1cc2c(cc1CCNCC(C)(C)O)OCO2. The third-order valence-electron chi connectivity index (χ3n) is 2.96. The topological polar surface area (TPSA) is 50.7 Å². The molecule has 4 nitrogen and oxygen atoms in total. The third-order valence-corrected chi connectivity index (χ3v) is 2.96. The lowest BCUT2D eigenvalue weighted by Gasteiger charge is -2.17. The lowest BCUT2D eigenvalue weighted by molar-refractivity contribution is 0.0801. The number of nitrogens with one attached hydrogen (secondary N) is 1. The molecule has 0 saturated carbocycles. The molecule has 0 aromatic heterocycles. The summed E-state index contributed by atoms with van der Waals surface area (Å²) in [7, 11) is 0. The highest BCUT2D eigenvalue weighted by Gasteiger charge is 2.15. The van der Waals surface area contributed by atoms with Crippen molar-refractivity contribution in [3.05, 3.63) is 23.3 Å². The van der Waals surface area contributed by atoms with Gasteiger partial charge in [-0.1, -0.05) is 0 Å². The van der Waals surface area contributed by atoms with Crippen LogP contribution in [0.15, 0.2) is 12.1 Å². The van der Waals surface area contributed by atoms with E-state index in [1.807, 2.05) is 12.1 Å². The fourth-order valence-corrected chi connectivity index (χ4v) is 1.97. The van der Waals surface area contributed by atoms with Crippen molar-refractivity contribution in [2.45, 2.75) is 32.8 Å². The minimum absolute atomic E-state index is 0.315. The quantitative estimate of drug-likeness (QED) is 0.781. The van der Waals surface area contributed by atoms with Gasteiger partial charge in [-0.3, -0.25) is 0 Å². The second kappa shape index (κ2) is 5.16. The molecule has 0 saturated heterocycles. The van der Waals surface area contributed by atoms with Crippen LogP contribution in [0, 0.1) is 6.92 Å². The van der Waals surface area contributed by atoms with Crippen molar-refractivity contribution in [2.24, 2.45) is 0 Å². The Morgan fingerprint density at radius 1 is 1.28 bits per heavy atom. The molecule has 1 aromatic carbocycles. The van der Waals surface area contributed by atoms with Crippen LogP contribution in [0.2, 0.25) is 0 Å². The van der Waals surface area contributed by atoms with Crippen molar-refractivity contribution >= 4 is 0 Å². The number of aryl methyl sites for hydroxylation is 1. The first-order chi connectivity index (χ1) is 8.46. The molecule has 1 aliphatic rings. The van der Waals surface area contributed by atoms with Crippen LogP contribution in [0.5, 0.6) is 11.5 Å². The van der Waals surface area contributed by atoms with Crippen molar-refractivity contribution < 1.29 is 14.6 Å². The molecule has 0 radical (unpaired) electrons. The molecule has 4 heteroatoms. The maximum Gasteiger partial charge on any atom is 0.231 e. The second-order valence-electron chi connectivity index (χ2n) is 5.37. The average Bonchev–Trinajstić information content (AvgIpc) is 2.70. The Morgan fingerprint density at radius 2 is 1.94 bits per heavy atom. The number of benzene rings is 1. The normalized spacial score (nSPS) is 14.0. The Hall–Kier alpha value is -1.26. The average molecular weight is 251 g/mol. The van der Waals surface area contributed by atoms with E-state index in [1.165, 1.54) is 11.1 Å². The van der Waals surface area contributed by atoms with E-state index in [0.717, 1.165) is 24.5 Å². The van der Waals surface area contributed by atoms with Crippen LogP contribution in [0.4, 0.5) is 0 Å². The van der Waals surface area contributed by atoms with Gasteiger partial charge in [0.2, 0.25) is 6.79 Å². The Balaban J connectivity index is 1.90. The van der Waals surface area contributed by atoms with E-state index in [-0.39, 0.29) is 0 Å². The van der Waals surface area contributed by atoms with Crippen LogP contribution >= 0.6 is 0 Å². The van der Waals surface area contributed by atoms with Gasteiger partial charge >= 0.3 is 0 Å². The lowest BCUT2D eigenvalue weighted by Crippen LogP contribution is -2.35. The molecule has 0 bridgehead atoms. The summed E-state index contributed by atoms with van der Waals surface area (Å²) in [6.07, 6.45) is 0.915. The Morgan fingerprint density at radius 3 is 2.61 bits per heavy atom.